The monoisotopic (exact) mass is 944 g/mol. The zero-order valence-electron chi connectivity index (χ0n) is 46.2. The van der Waals surface area contributed by atoms with E-state index in [1.807, 2.05) is 0 Å². The van der Waals surface area contributed by atoms with Crippen LogP contribution in [0.25, 0.3) is 0 Å². The normalized spacial score (nSPS) is 12.7. The van der Waals surface area contributed by atoms with Crippen LogP contribution >= 0.6 is 0 Å². The molecule has 3 N–H and O–H groups in total. The van der Waals surface area contributed by atoms with E-state index >= 15 is 0 Å². The molecule has 0 spiro atoms. The van der Waals surface area contributed by atoms with Crippen molar-refractivity contribution in [1.82, 2.24) is 5.32 Å². The lowest BCUT2D eigenvalue weighted by Gasteiger charge is -2.22. The van der Waals surface area contributed by atoms with E-state index in [2.05, 4.69) is 31.3 Å². The van der Waals surface area contributed by atoms with E-state index in [-0.39, 0.29) is 12.5 Å². The first-order valence-corrected chi connectivity index (χ1v) is 31.4. The van der Waals surface area contributed by atoms with Crippen molar-refractivity contribution in [3.8, 4) is 0 Å². The molecule has 4 heteroatoms. The number of amides is 1. The van der Waals surface area contributed by atoms with Gasteiger partial charge in [-0.25, -0.2) is 0 Å². The topological polar surface area (TPSA) is 69.6 Å². The molecule has 67 heavy (non-hydrogen) atoms. The van der Waals surface area contributed by atoms with Gasteiger partial charge in [0, 0.05) is 6.42 Å². The van der Waals surface area contributed by atoms with Crippen molar-refractivity contribution >= 4 is 5.91 Å². The molecule has 0 saturated heterocycles. The van der Waals surface area contributed by atoms with Gasteiger partial charge in [0.05, 0.1) is 18.8 Å². The maximum atomic E-state index is 12.5. The Balaban J connectivity index is 3.40. The Hall–Kier alpha value is -0.870. The van der Waals surface area contributed by atoms with E-state index in [0.717, 1.165) is 25.7 Å². The van der Waals surface area contributed by atoms with Gasteiger partial charge in [0.25, 0.3) is 0 Å². The number of hydrogen-bond donors (Lipinski definition) is 3. The highest BCUT2D eigenvalue weighted by Gasteiger charge is 2.20. The number of rotatable bonds is 59. The fourth-order valence-electron chi connectivity index (χ4n) is 10.2. The molecule has 0 bridgehead atoms. The fraction of sp³-hybridized carbons (Fsp3) is 0.952. The Morgan fingerprint density at radius 2 is 0.567 bits per heavy atom. The van der Waals surface area contributed by atoms with Gasteiger partial charge in [-0.2, -0.15) is 0 Å². The number of aliphatic hydroxyl groups excluding tert-OH is 2. The Morgan fingerprint density at radius 3 is 0.821 bits per heavy atom. The average Bonchev–Trinajstić information content (AvgIpc) is 3.33. The van der Waals surface area contributed by atoms with Crippen LogP contribution in [0, 0.1) is 0 Å². The first-order chi connectivity index (χ1) is 33.2. The molecule has 2 atom stereocenters. The summed E-state index contributed by atoms with van der Waals surface area (Å²) in [5.74, 6) is -0.0232. The van der Waals surface area contributed by atoms with Crippen LogP contribution in [0.4, 0.5) is 0 Å². The quantitative estimate of drug-likeness (QED) is 0.0420. The SMILES string of the molecule is CCCCCCCCCCCCCC/C=C\CCCCCCCCCCCCCCCCC(=O)NC(CO)C(O)CCCCCCCCCCCCCCCCCCCCCCCCCCC. The molecular weight excluding hydrogens is 819 g/mol. The van der Waals surface area contributed by atoms with Gasteiger partial charge in [-0.15, -0.1) is 0 Å². The Morgan fingerprint density at radius 1 is 0.343 bits per heavy atom. The highest BCUT2D eigenvalue weighted by Crippen LogP contribution is 2.19. The Kier molecular flexibility index (Phi) is 58.7. The summed E-state index contributed by atoms with van der Waals surface area (Å²) in [7, 11) is 0. The van der Waals surface area contributed by atoms with E-state index < -0.39 is 12.1 Å². The second-order valence-corrected chi connectivity index (χ2v) is 21.8. The minimum absolute atomic E-state index is 0.0232. The Labute approximate surface area is 422 Å². The molecule has 0 saturated carbocycles. The molecule has 0 aliphatic rings. The molecule has 1 amide bonds. The lowest BCUT2D eigenvalue weighted by molar-refractivity contribution is -0.123. The summed E-state index contributed by atoms with van der Waals surface area (Å²) in [5.41, 5.74) is 0. The second kappa shape index (κ2) is 59.4. The van der Waals surface area contributed by atoms with E-state index in [4.69, 9.17) is 0 Å². The van der Waals surface area contributed by atoms with E-state index in [1.54, 1.807) is 0 Å². The van der Waals surface area contributed by atoms with Crippen molar-refractivity contribution in [2.75, 3.05) is 6.61 Å². The van der Waals surface area contributed by atoms with Crippen molar-refractivity contribution in [2.24, 2.45) is 0 Å². The number of aliphatic hydroxyl groups is 2. The molecule has 0 aromatic heterocycles. The lowest BCUT2D eigenvalue weighted by atomic mass is 10.0. The standard InChI is InChI=1S/C63H125NO3/c1-3-5-7-9-11-13-15-17-19-21-23-25-27-29-30-31-32-33-35-37-39-41-43-45-47-49-51-53-55-57-59-63(67)64-61(60-65)62(66)58-56-54-52-50-48-46-44-42-40-38-36-34-28-26-24-22-20-18-16-14-12-10-8-6-4-2/h29-30,61-62,65-66H,3-28,31-60H2,1-2H3,(H,64,67)/b30-29-. The molecule has 0 aliphatic carbocycles. The summed E-state index contributed by atoms with van der Waals surface area (Å²) < 4.78 is 0. The molecule has 0 heterocycles. The zero-order chi connectivity index (χ0) is 48.5. The van der Waals surface area contributed by atoms with Gasteiger partial charge in [-0.1, -0.05) is 334 Å². The van der Waals surface area contributed by atoms with E-state index in [9.17, 15) is 15.0 Å². The van der Waals surface area contributed by atoms with Gasteiger partial charge in [0.15, 0.2) is 0 Å². The molecule has 0 aromatic carbocycles. The summed E-state index contributed by atoms with van der Waals surface area (Å²) in [6.07, 6.45) is 78.0. The van der Waals surface area contributed by atoms with Crippen LogP contribution in [0.2, 0.25) is 0 Å². The number of unbranched alkanes of at least 4 members (excludes halogenated alkanes) is 50. The third-order valence-electron chi connectivity index (χ3n) is 15.0. The second-order valence-electron chi connectivity index (χ2n) is 21.8. The number of hydrogen-bond acceptors (Lipinski definition) is 3. The lowest BCUT2D eigenvalue weighted by Crippen LogP contribution is -2.45. The van der Waals surface area contributed by atoms with Crippen LogP contribution in [0.3, 0.4) is 0 Å². The summed E-state index contributed by atoms with van der Waals surface area (Å²) in [5, 5.41) is 23.4. The largest absolute Gasteiger partial charge is 0.394 e. The van der Waals surface area contributed by atoms with Crippen molar-refractivity contribution in [3.05, 3.63) is 12.2 Å². The highest BCUT2D eigenvalue weighted by atomic mass is 16.3. The smallest absolute Gasteiger partial charge is 0.220 e. The van der Waals surface area contributed by atoms with Gasteiger partial charge < -0.3 is 15.5 Å². The molecule has 4 nitrogen and oxygen atoms in total. The summed E-state index contributed by atoms with van der Waals surface area (Å²) in [4.78, 5) is 12.5. The van der Waals surface area contributed by atoms with E-state index in [0.29, 0.717) is 12.8 Å². The summed E-state index contributed by atoms with van der Waals surface area (Å²) in [6.45, 7) is 4.41. The molecule has 0 aromatic rings. The number of carbonyl (C=O) groups is 1. The summed E-state index contributed by atoms with van der Waals surface area (Å²) >= 11 is 0. The van der Waals surface area contributed by atoms with Crippen LogP contribution in [0.5, 0.6) is 0 Å². The van der Waals surface area contributed by atoms with Gasteiger partial charge in [-0.3, -0.25) is 4.79 Å². The molecular formula is C63H125NO3. The van der Waals surface area contributed by atoms with Crippen molar-refractivity contribution < 1.29 is 15.0 Å². The number of nitrogens with one attached hydrogen (secondary N) is 1. The molecule has 2 unspecified atom stereocenters. The number of allylic oxidation sites excluding steroid dienone is 2. The minimum atomic E-state index is -0.658. The van der Waals surface area contributed by atoms with Crippen molar-refractivity contribution in [1.29, 1.82) is 0 Å². The van der Waals surface area contributed by atoms with E-state index in [1.165, 1.54) is 315 Å². The number of carbonyl (C=O) groups excluding carboxylic acids is 1. The molecule has 0 radical (unpaired) electrons. The molecule has 0 fully saturated rings. The Bertz CT molecular complexity index is 936. The first kappa shape index (κ1) is 66.1. The third-order valence-corrected chi connectivity index (χ3v) is 15.0. The molecule has 0 rings (SSSR count). The zero-order valence-corrected chi connectivity index (χ0v) is 46.2. The van der Waals surface area contributed by atoms with Crippen LogP contribution in [-0.4, -0.2) is 34.9 Å². The minimum Gasteiger partial charge on any atom is -0.394 e. The van der Waals surface area contributed by atoms with Crippen molar-refractivity contribution in [2.45, 2.75) is 379 Å². The predicted molar refractivity (Wildman–Crippen MR) is 299 cm³/mol. The maximum Gasteiger partial charge on any atom is 0.220 e. The van der Waals surface area contributed by atoms with Crippen molar-refractivity contribution in [3.63, 3.8) is 0 Å². The predicted octanol–water partition coefficient (Wildman–Crippen LogP) is 20.9. The third kappa shape index (κ3) is 55.9. The van der Waals surface area contributed by atoms with Gasteiger partial charge in [-0.05, 0) is 38.5 Å². The van der Waals surface area contributed by atoms with Crippen LogP contribution in [-0.2, 0) is 4.79 Å². The highest BCUT2D eigenvalue weighted by molar-refractivity contribution is 5.76. The first-order valence-electron chi connectivity index (χ1n) is 31.4. The van der Waals surface area contributed by atoms with Gasteiger partial charge in [0.1, 0.15) is 0 Å². The van der Waals surface area contributed by atoms with Crippen LogP contribution in [0.15, 0.2) is 12.2 Å². The van der Waals surface area contributed by atoms with Crippen LogP contribution in [0.1, 0.15) is 367 Å². The van der Waals surface area contributed by atoms with Gasteiger partial charge >= 0.3 is 0 Å². The van der Waals surface area contributed by atoms with Gasteiger partial charge in [0.2, 0.25) is 5.91 Å². The maximum absolute atomic E-state index is 12.5. The molecule has 400 valence electrons. The fourth-order valence-corrected chi connectivity index (χ4v) is 10.2. The summed E-state index contributed by atoms with van der Waals surface area (Å²) in [6, 6.07) is -0.534. The average molecular weight is 945 g/mol. The van der Waals surface area contributed by atoms with Crippen LogP contribution < -0.4 is 5.32 Å². The molecule has 0 aliphatic heterocycles.